The van der Waals surface area contributed by atoms with Crippen LogP contribution in [0.3, 0.4) is 0 Å². The van der Waals surface area contributed by atoms with Gasteiger partial charge in [-0.25, -0.2) is 14.8 Å². The molecule has 2 aromatic heterocycles. The summed E-state index contributed by atoms with van der Waals surface area (Å²) in [7, 11) is 0. The van der Waals surface area contributed by atoms with E-state index in [-0.39, 0.29) is 30.3 Å². The topological polar surface area (TPSA) is 111 Å². The summed E-state index contributed by atoms with van der Waals surface area (Å²) < 4.78 is 0. The number of aromatic nitrogens is 2. The number of fused-ring (bicyclic) bond motifs is 4. The molecule has 0 aromatic carbocycles. The van der Waals surface area contributed by atoms with Crippen LogP contribution in [-0.4, -0.2) is 58.3 Å². The normalized spacial score (nSPS) is 17.5. The largest absolute Gasteiger partial charge is 0.396 e. The Morgan fingerprint density at radius 2 is 2.10 bits per heavy atom. The number of pyridine rings is 2. The summed E-state index contributed by atoms with van der Waals surface area (Å²) in [6.45, 7) is 5.24. The zero-order valence-corrected chi connectivity index (χ0v) is 17.1. The van der Waals surface area contributed by atoms with Crippen molar-refractivity contribution in [3.63, 3.8) is 0 Å². The summed E-state index contributed by atoms with van der Waals surface area (Å²) in [4.78, 5) is 38.4. The maximum atomic E-state index is 13.1. The van der Waals surface area contributed by atoms with Gasteiger partial charge in [0.05, 0.1) is 11.7 Å². The molecule has 4 heterocycles. The van der Waals surface area contributed by atoms with E-state index in [2.05, 4.69) is 25.5 Å². The molecule has 2 bridgehead atoms. The first-order valence-corrected chi connectivity index (χ1v) is 10.1. The van der Waals surface area contributed by atoms with Crippen molar-refractivity contribution in [1.29, 1.82) is 0 Å². The van der Waals surface area contributed by atoms with Crippen LogP contribution in [0.1, 0.15) is 37.2 Å². The van der Waals surface area contributed by atoms with Crippen LogP contribution in [0.15, 0.2) is 36.5 Å². The lowest BCUT2D eigenvalue weighted by molar-refractivity contribution is 0.0894. The van der Waals surface area contributed by atoms with E-state index in [1.165, 1.54) is 0 Å². The second-order valence-electron chi connectivity index (χ2n) is 8.25. The van der Waals surface area contributed by atoms with Crippen LogP contribution in [0, 0.1) is 0 Å². The summed E-state index contributed by atoms with van der Waals surface area (Å²) >= 11 is 0. The van der Waals surface area contributed by atoms with Crippen molar-refractivity contribution in [2.24, 2.45) is 0 Å². The van der Waals surface area contributed by atoms with Gasteiger partial charge < -0.3 is 15.3 Å². The molecule has 4 rings (SSSR count). The minimum atomic E-state index is -0.567. The van der Waals surface area contributed by atoms with Gasteiger partial charge in [-0.2, -0.15) is 0 Å². The highest BCUT2D eigenvalue weighted by Crippen LogP contribution is 2.39. The van der Waals surface area contributed by atoms with Crippen LogP contribution in [0.2, 0.25) is 0 Å². The average molecular weight is 410 g/mol. The van der Waals surface area contributed by atoms with Gasteiger partial charge in [-0.3, -0.25) is 15.0 Å². The highest BCUT2D eigenvalue weighted by molar-refractivity contribution is 6.05. The molecule has 0 saturated carbocycles. The van der Waals surface area contributed by atoms with Crippen LogP contribution in [0.25, 0.3) is 0 Å². The minimum Gasteiger partial charge on any atom is -0.396 e. The Bertz CT molecular complexity index is 949. The van der Waals surface area contributed by atoms with Crippen molar-refractivity contribution in [3.8, 4) is 0 Å². The summed E-state index contributed by atoms with van der Waals surface area (Å²) in [5, 5.41) is 14.9. The van der Waals surface area contributed by atoms with Crippen LogP contribution < -0.4 is 20.4 Å². The number of aliphatic hydroxyl groups excluding tert-OH is 1. The maximum Gasteiger partial charge on any atom is 0.329 e. The molecule has 1 fully saturated rings. The number of hydrogen-bond donors (Lipinski definition) is 3. The fraction of sp³-hybridized carbons (Fsp3) is 0.429. The van der Waals surface area contributed by atoms with Crippen LogP contribution in [0.4, 0.5) is 22.1 Å². The van der Waals surface area contributed by atoms with Gasteiger partial charge in [0.2, 0.25) is 0 Å². The van der Waals surface area contributed by atoms with E-state index in [9.17, 15) is 14.7 Å². The smallest absolute Gasteiger partial charge is 0.329 e. The maximum absolute atomic E-state index is 13.1. The summed E-state index contributed by atoms with van der Waals surface area (Å²) in [6.07, 6.45) is 2.88. The number of hydrogen-bond acceptors (Lipinski definition) is 6. The van der Waals surface area contributed by atoms with Crippen molar-refractivity contribution in [3.05, 3.63) is 42.2 Å². The van der Waals surface area contributed by atoms with Crippen LogP contribution in [-0.2, 0) is 0 Å². The van der Waals surface area contributed by atoms with E-state index in [1.807, 2.05) is 19.9 Å². The fourth-order valence-corrected chi connectivity index (χ4v) is 3.92. The van der Waals surface area contributed by atoms with Crippen molar-refractivity contribution >= 4 is 29.3 Å². The Labute approximate surface area is 175 Å². The summed E-state index contributed by atoms with van der Waals surface area (Å²) in [5.41, 5.74) is 0.506. The van der Waals surface area contributed by atoms with Crippen molar-refractivity contribution in [1.82, 2.24) is 15.3 Å². The molecule has 2 aliphatic rings. The van der Waals surface area contributed by atoms with Gasteiger partial charge in [0.15, 0.2) is 5.82 Å². The van der Waals surface area contributed by atoms with E-state index in [0.717, 1.165) is 25.2 Å². The minimum absolute atomic E-state index is 0.0159. The van der Waals surface area contributed by atoms with E-state index < -0.39 is 5.54 Å². The van der Waals surface area contributed by atoms with Crippen LogP contribution in [0.5, 0.6) is 0 Å². The van der Waals surface area contributed by atoms with Crippen molar-refractivity contribution in [2.45, 2.75) is 38.3 Å². The zero-order chi connectivity index (χ0) is 21.3. The molecule has 1 unspecified atom stereocenters. The Hall–Kier alpha value is -3.20. The van der Waals surface area contributed by atoms with Gasteiger partial charge in [-0.1, -0.05) is 6.07 Å². The van der Waals surface area contributed by atoms with Gasteiger partial charge >= 0.3 is 6.03 Å². The Morgan fingerprint density at radius 1 is 1.27 bits per heavy atom. The lowest BCUT2D eigenvalue weighted by Gasteiger charge is -2.35. The summed E-state index contributed by atoms with van der Waals surface area (Å²) in [6, 6.07) is 8.51. The molecule has 0 radical (unpaired) electrons. The van der Waals surface area contributed by atoms with Crippen molar-refractivity contribution in [2.75, 3.05) is 34.8 Å². The first-order chi connectivity index (χ1) is 14.4. The van der Waals surface area contributed by atoms with Gasteiger partial charge in [0.1, 0.15) is 11.5 Å². The predicted octanol–water partition coefficient (Wildman–Crippen LogP) is 2.00. The number of urea groups is 1. The standard InChI is InChI=1S/C21H26N6O3/c1-21(2,9-12-28)25-19(29)15-6-7-16-18(23-15)27(14-8-11-26(16)13-14)20(30)24-17-5-3-4-10-22-17/h3-7,10,14,28H,8-9,11-13H2,1-2H3,(H,25,29)(H,22,24,30). The molecule has 1 saturated heterocycles. The number of carbonyl (C=O) groups excluding carboxylic acids is 2. The number of carbonyl (C=O) groups is 2. The molecule has 30 heavy (non-hydrogen) atoms. The quantitative estimate of drug-likeness (QED) is 0.695. The molecule has 2 aliphatic heterocycles. The molecular weight excluding hydrogens is 384 g/mol. The van der Waals surface area contributed by atoms with Crippen molar-refractivity contribution < 1.29 is 14.7 Å². The van der Waals surface area contributed by atoms with Gasteiger partial charge in [0.25, 0.3) is 5.91 Å². The number of nitrogens with zero attached hydrogens (tertiary/aromatic N) is 4. The average Bonchev–Trinajstić information content (AvgIpc) is 3.12. The lowest BCUT2D eigenvalue weighted by Crippen LogP contribution is -2.49. The second kappa shape index (κ2) is 7.91. The van der Waals surface area contributed by atoms with E-state index in [4.69, 9.17) is 0 Å². The van der Waals surface area contributed by atoms with E-state index in [0.29, 0.717) is 18.1 Å². The molecule has 3 N–H and O–H groups in total. The monoisotopic (exact) mass is 410 g/mol. The number of nitrogens with one attached hydrogen (secondary N) is 2. The molecule has 9 heteroatoms. The number of anilines is 3. The fourth-order valence-electron chi connectivity index (χ4n) is 3.92. The molecule has 0 aliphatic carbocycles. The van der Waals surface area contributed by atoms with E-state index >= 15 is 0 Å². The zero-order valence-electron chi connectivity index (χ0n) is 17.1. The molecule has 0 spiro atoms. The third-order valence-corrected chi connectivity index (χ3v) is 5.49. The highest BCUT2D eigenvalue weighted by Gasteiger charge is 2.40. The molecule has 3 amide bonds. The molecular formula is C21H26N6O3. The SMILES string of the molecule is CC(C)(CCO)NC(=O)c1ccc2c(n1)N(C(=O)Nc1ccccn1)C1CCN2C1. The Balaban J connectivity index is 1.63. The van der Waals surface area contributed by atoms with Gasteiger partial charge in [0, 0.05) is 31.4 Å². The Kier molecular flexibility index (Phi) is 5.29. The first-order valence-electron chi connectivity index (χ1n) is 10.1. The Morgan fingerprint density at radius 3 is 2.83 bits per heavy atom. The number of rotatable bonds is 5. The molecule has 9 nitrogen and oxygen atoms in total. The molecule has 2 aromatic rings. The van der Waals surface area contributed by atoms with E-state index in [1.54, 1.807) is 35.4 Å². The number of aliphatic hydroxyl groups is 1. The lowest BCUT2D eigenvalue weighted by atomic mass is 10.0. The van der Waals surface area contributed by atoms with Crippen LogP contribution >= 0.6 is 0 Å². The second-order valence-corrected chi connectivity index (χ2v) is 8.25. The third-order valence-electron chi connectivity index (χ3n) is 5.49. The molecule has 158 valence electrons. The molecule has 1 atom stereocenters. The first kappa shape index (κ1) is 20.1. The number of amides is 3. The predicted molar refractivity (Wildman–Crippen MR) is 114 cm³/mol. The highest BCUT2D eigenvalue weighted by atomic mass is 16.3. The van der Waals surface area contributed by atoms with Gasteiger partial charge in [-0.05, 0) is 51.0 Å². The third kappa shape index (κ3) is 3.93. The van der Waals surface area contributed by atoms with Gasteiger partial charge in [-0.15, -0.1) is 0 Å². The summed E-state index contributed by atoms with van der Waals surface area (Å²) in [5.74, 6) is 0.600.